The Hall–Kier alpha value is -1.62. The Morgan fingerprint density at radius 2 is 2.10 bits per heavy atom. The van der Waals surface area contributed by atoms with E-state index in [0.29, 0.717) is 0 Å². The number of thioether (sulfide) groups is 1. The summed E-state index contributed by atoms with van der Waals surface area (Å²) in [5.74, 6) is 0.738. The Morgan fingerprint density at radius 1 is 1.29 bits per heavy atom. The summed E-state index contributed by atoms with van der Waals surface area (Å²) in [6.45, 7) is 3.24. The monoisotopic (exact) mass is 318 g/mol. The molecule has 0 aliphatic carbocycles. The number of benzene rings is 1. The average molecular weight is 318 g/mol. The van der Waals surface area contributed by atoms with Gasteiger partial charge >= 0.3 is 0 Å². The van der Waals surface area contributed by atoms with Crippen LogP contribution in [0, 0.1) is 11.3 Å². The summed E-state index contributed by atoms with van der Waals surface area (Å²) in [6.07, 6.45) is 0. The van der Waals surface area contributed by atoms with Crippen molar-refractivity contribution in [3.8, 4) is 6.07 Å². The van der Waals surface area contributed by atoms with Gasteiger partial charge in [-0.1, -0.05) is 41.3 Å². The van der Waals surface area contributed by atoms with Gasteiger partial charge in [0.2, 0.25) is 5.13 Å². The van der Waals surface area contributed by atoms with Crippen molar-refractivity contribution in [1.29, 1.82) is 5.26 Å². The highest BCUT2D eigenvalue weighted by Crippen LogP contribution is 2.31. The highest BCUT2D eigenvalue weighted by molar-refractivity contribution is 8.00. The smallest absolute Gasteiger partial charge is 0.209 e. The maximum atomic E-state index is 9.09. The van der Waals surface area contributed by atoms with Crippen molar-refractivity contribution in [2.45, 2.75) is 10.1 Å². The summed E-state index contributed by atoms with van der Waals surface area (Å²) in [7, 11) is 0. The van der Waals surface area contributed by atoms with Gasteiger partial charge in [0.1, 0.15) is 0 Å². The molecule has 1 aromatic heterocycles. The number of hydrogen-bond donors (Lipinski definition) is 0. The van der Waals surface area contributed by atoms with Gasteiger partial charge < -0.3 is 9.64 Å². The quantitative estimate of drug-likeness (QED) is 0.807. The first-order valence-electron chi connectivity index (χ1n) is 6.64. The van der Waals surface area contributed by atoms with Crippen molar-refractivity contribution in [3.05, 3.63) is 35.4 Å². The zero-order valence-corrected chi connectivity index (χ0v) is 13.0. The van der Waals surface area contributed by atoms with Gasteiger partial charge in [0.25, 0.3) is 0 Å². The molecule has 7 heteroatoms. The van der Waals surface area contributed by atoms with Crippen molar-refractivity contribution >= 4 is 28.2 Å². The third-order valence-corrected chi connectivity index (χ3v) is 5.33. The SMILES string of the molecule is N#Cc1ccccc1CSc1nnc(N2CCOCC2)s1. The average Bonchev–Trinajstić information content (AvgIpc) is 3.03. The maximum absolute atomic E-state index is 9.09. The Labute approximate surface area is 131 Å². The molecule has 1 aliphatic rings. The lowest BCUT2D eigenvalue weighted by molar-refractivity contribution is 0.122. The van der Waals surface area contributed by atoms with Crippen LogP contribution in [-0.4, -0.2) is 36.5 Å². The summed E-state index contributed by atoms with van der Waals surface area (Å²) >= 11 is 3.22. The van der Waals surface area contributed by atoms with E-state index in [4.69, 9.17) is 10.00 Å². The lowest BCUT2D eigenvalue weighted by atomic mass is 10.1. The first-order chi connectivity index (χ1) is 10.4. The van der Waals surface area contributed by atoms with Crippen LogP contribution in [0.25, 0.3) is 0 Å². The van der Waals surface area contributed by atoms with E-state index in [9.17, 15) is 0 Å². The molecule has 0 amide bonds. The van der Waals surface area contributed by atoms with Crippen LogP contribution in [0.3, 0.4) is 0 Å². The highest BCUT2D eigenvalue weighted by Gasteiger charge is 2.16. The minimum atomic E-state index is 0.725. The standard InChI is InChI=1S/C14H14N4OS2/c15-9-11-3-1-2-4-12(11)10-20-14-17-16-13(21-14)18-5-7-19-8-6-18/h1-4H,5-8,10H2. The Morgan fingerprint density at radius 3 is 2.90 bits per heavy atom. The van der Waals surface area contributed by atoms with E-state index in [0.717, 1.165) is 52.7 Å². The van der Waals surface area contributed by atoms with E-state index in [-0.39, 0.29) is 0 Å². The van der Waals surface area contributed by atoms with Gasteiger partial charge in [-0.25, -0.2) is 0 Å². The summed E-state index contributed by atoms with van der Waals surface area (Å²) in [6, 6.07) is 9.88. The number of morpholine rings is 1. The first kappa shape index (κ1) is 14.3. The number of aromatic nitrogens is 2. The summed E-state index contributed by atoms with van der Waals surface area (Å²) < 4.78 is 6.27. The molecule has 3 rings (SSSR count). The fourth-order valence-corrected chi connectivity index (χ4v) is 3.93. The van der Waals surface area contributed by atoms with E-state index in [2.05, 4.69) is 21.2 Å². The number of hydrogen-bond acceptors (Lipinski definition) is 7. The summed E-state index contributed by atoms with van der Waals surface area (Å²) in [5.41, 5.74) is 1.76. The van der Waals surface area contributed by atoms with Crippen molar-refractivity contribution in [2.75, 3.05) is 31.2 Å². The second kappa shape index (κ2) is 6.89. The molecule has 1 fully saturated rings. The van der Waals surface area contributed by atoms with E-state index in [1.165, 1.54) is 0 Å². The number of nitriles is 1. The van der Waals surface area contributed by atoms with Crippen LogP contribution in [0.5, 0.6) is 0 Å². The van der Waals surface area contributed by atoms with E-state index >= 15 is 0 Å². The van der Waals surface area contributed by atoms with Crippen LogP contribution < -0.4 is 4.90 Å². The number of rotatable bonds is 4. The molecule has 2 aromatic rings. The third-order valence-electron chi connectivity index (χ3n) is 3.17. The van der Waals surface area contributed by atoms with E-state index in [1.54, 1.807) is 23.1 Å². The van der Waals surface area contributed by atoms with Crippen LogP contribution in [0.4, 0.5) is 5.13 Å². The molecule has 21 heavy (non-hydrogen) atoms. The van der Waals surface area contributed by atoms with Crippen LogP contribution in [0.2, 0.25) is 0 Å². The number of anilines is 1. The lowest BCUT2D eigenvalue weighted by Gasteiger charge is -2.25. The molecule has 1 aromatic carbocycles. The van der Waals surface area contributed by atoms with Gasteiger partial charge in [-0.15, -0.1) is 10.2 Å². The molecular weight excluding hydrogens is 304 g/mol. The van der Waals surface area contributed by atoms with E-state index in [1.807, 2.05) is 24.3 Å². The number of ether oxygens (including phenoxy) is 1. The lowest BCUT2D eigenvalue weighted by Crippen LogP contribution is -2.36. The number of nitrogens with zero attached hydrogens (tertiary/aromatic N) is 4. The minimum Gasteiger partial charge on any atom is -0.378 e. The zero-order chi connectivity index (χ0) is 14.5. The zero-order valence-electron chi connectivity index (χ0n) is 11.4. The molecular formula is C14H14N4OS2. The topological polar surface area (TPSA) is 62.0 Å². The molecule has 0 bridgehead atoms. The molecule has 2 heterocycles. The molecule has 1 aliphatic heterocycles. The van der Waals surface area contributed by atoms with Crippen LogP contribution in [0.15, 0.2) is 28.6 Å². The van der Waals surface area contributed by atoms with Gasteiger partial charge in [-0.05, 0) is 11.6 Å². The van der Waals surface area contributed by atoms with Crippen LogP contribution >= 0.6 is 23.1 Å². The van der Waals surface area contributed by atoms with Crippen molar-refractivity contribution in [3.63, 3.8) is 0 Å². The Balaban J connectivity index is 1.63. The van der Waals surface area contributed by atoms with Gasteiger partial charge in [-0.2, -0.15) is 5.26 Å². The molecule has 108 valence electrons. The second-order valence-corrected chi connectivity index (χ2v) is 6.69. The van der Waals surface area contributed by atoms with Gasteiger partial charge in [0.15, 0.2) is 4.34 Å². The fourth-order valence-electron chi connectivity index (χ4n) is 2.04. The van der Waals surface area contributed by atoms with Crippen molar-refractivity contribution < 1.29 is 4.74 Å². The molecule has 0 saturated carbocycles. The fraction of sp³-hybridized carbons (Fsp3) is 0.357. The maximum Gasteiger partial charge on any atom is 0.209 e. The van der Waals surface area contributed by atoms with E-state index < -0.39 is 0 Å². The van der Waals surface area contributed by atoms with Gasteiger partial charge in [0.05, 0.1) is 24.8 Å². The predicted octanol–water partition coefficient (Wildman–Crippen LogP) is 2.54. The normalized spacial score (nSPS) is 14.9. The minimum absolute atomic E-state index is 0.725. The largest absolute Gasteiger partial charge is 0.378 e. The Kier molecular flexibility index (Phi) is 4.70. The van der Waals surface area contributed by atoms with Crippen LogP contribution in [0.1, 0.15) is 11.1 Å². The second-order valence-electron chi connectivity index (χ2n) is 4.51. The summed E-state index contributed by atoms with van der Waals surface area (Å²) in [5, 5.41) is 18.5. The molecule has 0 spiro atoms. The molecule has 1 saturated heterocycles. The van der Waals surface area contributed by atoms with Crippen molar-refractivity contribution in [1.82, 2.24) is 10.2 Å². The highest BCUT2D eigenvalue weighted by atomic mass is 32.2. The van der Waals surface area contributed by atoms with Gasteiger partial charge in [-0.3, -0.25) is 0 Å². The molecule has 0 unspecified atom stereocenters. The molecule has 0 radical (unpaired) electrons. The summed E-state index contributed by atoms with van der Waals surface area (Å²) in [4.78, 5) is 2.20. The molecule has 0 N–H and O–H groups in total. The Bertz CT molecular complexity index is 646. The third kappa shape index (κ3) is 3.53. The van der Waals surface area contributed by atoms with Gasteiger partial charge in [0, 0.05) is 18.8 Å². The predicted molar refractivity (Wildman–Crippen MR) is 83.7 cm³/mol. The first-order valence-corrected chi connectivity index (χ1v) is 8.44. The van der Waals surface area contributed by atoms with Crippen LogP contribution in [-0.2, 0) is 10.5 Å². The molecule has 5 nitrogen and oxygen atoms in total. The molecule has 0 atom stereocenters. The van der Waals surface area contributed by atoms with Crippen molar-refractivity contribution in [2.24, 2.45) is 0 Å².